The Morgan fingerprint density at radius 3 is 2.45 bits per heavy atom. The molecule has 0 spiro atoms. The van der Waals surface area contributed by atoms with E-state index in [0.29, 0.717) is 19.8 Å². The lowest BCUT2D eigenvalue weighted by Crippen LogP contribution is -2.31. The molecule has 0 aliphatic carbocycles. The predicted molar refractivity (Wildman–Crippen MR) is 84.5 cm³/mol. The first-order valence-electron chi connectivity index (χ1n) is 7.08. The molecular formula is C15H24BrNO3. The van der Waals surface area contributed by atoms with E-state index in [0.717, 1.165) is 28.0 Å². The first kappa shape index (κ1) is 17.3. The molecule has 0 aliphatic heterocycles. The van der Waals surface area contributed by atoms with Gasteiger partial charge in [0.25, 0.3) is 0 Å². The summed E-state index contributed by atoms with van der Waals surface area (Å²) in [6.07, 6.45) is 0.896. The van der Waals surface area contributed by atoms with Crippen LogP contribution >= 0.6 is 15.9 Å². The monoisotopic (exact) mass is 345 g/mol. The first-order valence-corrected chi connectivity index (χ1v) is 7.87. The third-order valence-corrected chi connectivity index (χ3v) is 3.55. The van der Waals surface area contributed by atoms with Gasteiger partial charge in [-0.2, -0.15) is 0 Å². The fourth-order valence-corrected chi connectivity index (χ4v) is 2.47. The van der Waals surface area contributed by atoms with Crippen molar-refractivity contribution in [3.8, 4) is 11.5 Å². The number of ether oxygens (including phenoxy) is 2. The number of hydrogen-bond acceptors (Lipinski definition) is 4. The molecule has 1 atom stereocenters. The molecule has 1 rings (SSSR count). The number of hydrogen-bond donors (Lipinski definition) is 2. The van der Waals surface area contributed by atoms with E-state index in [4.69, 9.17) is 9.47 Å². The summed E-state index contributed by atoms with van der Waals surface area (Å²) < 4.78 is 12.1. The normalized spacial score (nSPS) is 12.2. The molecule has 5 heteroatoms. The van der Waals surface area contributed by atoms with Crippen LogP contribution in [0.4, 0.5) is 0 Å². The van der Waals surface area contributed by atoms with Crippen LogP contribution in [0.2, 0.25) is 0 Å². The van der Waals surface area contributed by atoms with E-state index < -0.39 is 0 Å². The van der Waals surface area contributed by atoms with Crippen molar-refractivity contribution in [3.63, 3.8) is 0 Å². The molecule has 0 saturated carbocycles. The third kappa shape index (κ3) is 4.96. The Kier molecular flexibility index (Phi) is 7.95. The zero-order valence-electron chi connectivity index (χ0n) is 12.4. The number of aliphatic hydroxyl groups is 1. The van der Waals surface area contributed by atoms with Gasteiger partial charge < -0.3 is 19.9 Å². The van der Waals surface area contributed by atoms with E-state index in [1.165, 1.54) is 0 Å². The fraction of sp³-hybridized carbons (Fsp3) is 0.600. The van der Waals surface area contributed by atoms with Crippen molar-refractivity contribution in [2.45, 2.75) is 39.8 Å². The Morgan fingerprint density at radius 1 is 1.20 bits per heavy atom. The van der Waals surface area contributed by atoms with Crippen molar-refractivity contribution >= 4 is 15.9 Å². The zero-order valence-corrected chi connectivity index (χ0v) is 14.0. The molecule has 0 aromatic heterocycles. The second-order valence-electron chi connectivity index (χ2n) is 4.44. The number of aliphatic hydroxyl groups excluding tert-OH is 1. The molecular weight excluding hydrogens is 322 g/mol. The molecule has 0 radical (unpaired) electrons. The van der Waals surface area contributed by atoms with Crippen molar-refractivity contribution < 1.29 is 14.6 Å². The second kappa shape index (κ2) is 9.21. The second-order valence-corrected chi connectivity index (χ2v) is 5.29. The van der Waals surface area contributed by atoms with E-state index in [-0.39, 0.29) is 12.6 Å². The van der Waals surface area contributed by atoms with Gasteiger partial charge in [-0.25, -0.2) is 0 Å². The van der Waals surface area contributed by atoms with Gasteiger partial charge in [0, 0.05) is 12.6 Å². The van der Waals surface area contributed by atoms with Crippen molar-refractivity contribution in [2.24, 2.45) is 0 Å². The van der Waals surface area contributed by atoms with Crippen LogP contribution < -0.4 is 14.8 Å². The van der Waals surface area contributed by atoms with Gasteiger partial charge in [0.15, 0.2) is 11.5 Å². The first-order chi connectivity index (χ1) is 9.65. The summed E-state index contributed by atoms with van der Waals surface area (Å²) in [5.74, 6) is 1.49. The molecule has 0 bridgehead atoms. The maximum absolute atomic E-state index is 9.20. The third-order valence-electron chi connectivity index (χ3n) is 2.97. The fourth-order valence-electron chi connectivity index (χ4n) is 1.87. The van der Waals surface area contributed by atoms with Crippen LogP contribution in [0.3, 0.4) is 0 Å². The lowest BCUT2D eigenvalue weighted by molar-refractivity contribution is 0.238. The highest BCUT2D eigenvalue weighted by Crippen LogP contribution is 2.36. The SMILES string of the molecule is CCOc1cc(CN[C@H](CC)CO)cc(Br)c1OCC. The molecule has 1 aromatic rings. The van der Waals surface area contributed by atoms with Gasteiger partial charge in [-0.05, 0) is 53.9 Å². The Balaban J connectivity index is 2.87. The molecule has 1 aromatic carbocycles. The number of benzene rings is 1. The Labute approximate surface area is 129 Å². The predicted octanol–water partition coefficient (Wildman–Crippen LogP) is 3.11. The summed E-state index contributed by atoms with van der Waals surface area (Å²) >= 11 is 3.53. The highest BCUT2D eigenvalue weighted by Gasteiger charge is 2.12. The molecule has 0 heterocycles. The van der Waals surface area contributed by atoms with Gasteiger partial charge in [-0.1, -0.05) is 6.92 Å². The average Bonchev–Trinajstić information content (AvgIpc) is 2.44. The van der Waals surface area contributed by atoms with Gasteiger partial charge in [-0.3, -0.25) is 0 Å². The van der Waals surface area contributed by atoms with Gasteiger partial charge in [0.2, 0.25) is 0 Å². The van der Waals surface area contributed by atoms with Crippen LogP contribution in [-0.4, -0.2) is 31.0 Å². The van der Waals surface area contributed by atoms with Crippen LogP contribution in [0.15, 0.2) is 16.6 Å². The van der Waals surface area contributed by atoms with E-state index in [2.05, 4.69) is 21.2 Å². The van der Waals surface area contributed by atoms with Crippen molar-refractivity contribution in [1.82, 2.24) is 5.32 Å². The highest BCUT2D eigenvalue weighted by atomic mass is 79.9. The van der Waals surface area contributed by atoms with E-state index >= 15 is 0 Å². The Morgan fingerprint density at radius 2 is 1.90 bits per heavy atom. The van der Waals surface area contributed by atoms with Gasteiger partial charge in [-0.15, -0.1) is 0 Å². The summed E-state index contributed by atoms with van der Waals surface area (Å²) in [6.45, 7) is 7.97. The van der Waals surface area contributed by atoms with Crippen molar-refractivity contribution in [2.75, 3.05) is 19.8 Å². The summed E-state index contributed by atoms with van der Waals surface area (Å²) in [6, 6.07) is 4.12. The van der Waals surface area contributed by atoms with Gasteiger partial charge >= 0.3 is 0 Å². The summed E-state index contributed by atoms with van der Waals surface area (Å²) in [7, 11) is 0. The lowest BCUT2D eigenvalue weighted by Gasteiger charge is -2.17. The quantitative estimate of drug-likeness (QED) is 0.721. The summed E-state index contributed by atoms with van der Waals surface area (Å²) in [5.41, 5.74) is 1.09. The maximum atomic E-state index is 9.20. The zero-order chi connectivity index (χ0) is 15.0. The minimum absolute atomic E-state index is 0.121. The van der Waals surface area contributed by atoms with E-state index in [1.54, 1.807) is 0 Å². The molecule has 0 amide bonds. The van der Waals surface area contributed by atoms with Crippen LogP contribution in [0.5, 0.6) is 11.5 Å². The molecule has 0 aliphatic rings. The minimum Gasteiger partial charge on any atom is -0.490 e. The summed E-state index contributed by atoms with van der Waals surface area (Å²) in [4.78, 5) is 0. The number of nitrogens with one attached hydrogen (secondary N) is 1. The van der Waals surface area contributed by atoms with E-state index in [9.17, 15) is 5.11 Å². The molecule has 20 heavy (non-hydrogen) atoms. The van der Waals surface area contributed by atoms with Crippen molar-refractivity contribution in [1.29, 1.82) is 0 Å². The van der Waals surface area contributed by atoms with Crippen LogP contribution in [0.1, 0.15) is 32.8 Å². The molecule has 0 fully saturated rings. The summed E-state index contributed by atoms with van der Waals surface area (Å²) in [5, 5.41) is 12.5. The number of rotatable bonds is 9. The maximum Gasteiger partial charge on any atom is 0.175 e. The minimum atomic E-state index is 0.121. The molecule has 0 saturated heterocycles. The molecule has 4 nitrogen and oxygen atoms in total. The largest absolute Gasteiger partial charge is 0.490 e. The Hall–Kier alpha value is -0.780. The molecule has 2 N–H and O–H groups in total. The standard InChI is InChI=1S/C15H24BrNO3/c1-4-12(10-18)17-9-11-7-13(16)15(20-6-3)14(8-11)19-5-2/h7-8,12,17-18H,4-6,9-10H2,1-3H3/t12-/m1/s1. The van der Waals surface area contributed by atoms with Gasteiger partial charge in [0.05, 0.1) is 24.3 Å². The smallest absolute Gasteiger partial charge is 0.175 e. The Bertz CT molecular complexity index is 408. The molecule has 114 valence electrons. The topological polar surface area (TPSA) is 50.7 Å². The van der Waals surface area contributed by atoms with Crippen LogP contribution in [0.25, 0.3) is 0 Å². The van der Waals surface area contributed by atoms with E-state index in [1.807, 2.05) is 32.9 Å². The highest BCUT2D eigenvalue weighted by molar-refractivity contribution is 9.10. The van der Waals surface area contributed by atoms with Crippen molar-refractivity contribution in [3.05, 3.63) is 22.2 Å². The lowest BCUT2D eigenvalue weighted by atomic mass is 10.1. The average molecular weight is 346 g/mol. The van der Waals surface area contributed by atoms with Crippen LogP contribution in [-0.2, 0) is 6.54 Å². The van der Waals surface area contributed by atoms with Crippen LogP contribution in [0, 0.1) is 0 Å². The van der Waals surface area contributed by atoms with Gasteiger partial charge in [0.1, 0.15) is 0 Å². The molecule has 0 unspecified atom stereocenters. The number of halogens is 1.